The summed E-state index contributed by atoms with van der Waals surface area (Å²) in [5.74, 6) is 0. The van der Waals surface area contributed by atoms with Crippen LogP contribution in [0.2, 0.25) is 39.3 Å². The van der Waals surface area contributed by atoms with Crippen molar-refractivity contribution < 1.29 is 0 Å². The molecule has 0 amide bonds. The molecule has 0 radical (unpaired) electrons. The molecular weight excluding hydrogens is 192 g/mol. The molecule has 0 aromatic heterocycles. The van der Waals surface area contributed by atoms with Crippen LogP contribution < -0.4 is 0 Å². The van der Waals surface area contributed by atoms with Gasteiger partial charge in [0.05, 0.1) is 7.11 Å². The first-order valence-corrected chi connectivity index (χ1v) is 16.0. The fourth-order valence-corrected chi connectivity index (χ4v) is 24.4. The van der Waals surface area contributed by atoms with E-state index in [0.717, 1.165) is 0 Å². The summed E-state index contributed by atoms with van der Waals surface area (Å²) in [4.78, 5) is 0. The fraction of sp³-hybridized carbons (Fsp3) is 1.00. The van der Waals surface area contributed by atoms with Gasteiger partial charge in [0.25, 0.3) is 0 Å². The molecule has 0 unspecified atom stereocenters. The SMILES string of the molecule is C[SiH](C)[Si](C)(C)[Si](C)(C)Cl. The molecule has 0 aromatic rings. The highest BCUT2D eigenvalue weighted by molar-refractivity contribution is 7.74. The van der Waals surface area contributed by atoms with E-state index >= 15 is 0 Å². The first-order chi connectivity index (χ1) is 4.19. The van der Waals surface area contributed by atoms with E-state index in [4.69, 9.17) is 11.1 Å². The Morgan fingerprint density at radius 2 is 1.30 bits per heavy atom. The Balaban J connectivity index is 4.40. The van der Waals surface area contributed by atoms with E-state index in [2.05, 4.69) is 39.3 Å². The summed E-state index contributed by atoms with van der Waals surface area (Å²) >= 11 is 6.46. The van der Waals surface area contributed by atoms with Crippen LogP contribution in [0.15, 0.2) is 0 Å². The van der Waals surface area contributed by atoms with Gasteiger partial charge in [0, 0.05) is 8.31 Å². The predicted octanol–water partition coefficient (Wildman–Crippen LogP) is 2.78. The molecule has 0 heterocycles. The minimum absolute atomic E-state index is 0.436. The number of rotatable bonds is 2. The second-order valence-electron chi connectivity index (χ2n) is 4.35. The molecule has 10 heavy (non-hydrogen) atoms. The molecule has 0 saturated carbocycles. The summed E-state index contributed by atoms with van der Waals surface area (Å²) in [6, 6.07) is 0. The lowest BCUT2D eigenvalue weighted by atomic mass is 11.9. The van der Waals surface area contributed by atoms with Gasteiger partial charge < -0.3 is 0 Å². The van der Waals surface area contributed by atoms with Crippen molar-refractivity contribution in [3.8, 4) is 0 Å². The molecule has 0 saturated heterocycles. The zero-order chi connectivity index (χ0) is 8.58. The van der Waals surface area contributed by atoms with E-state index in [1.807, 2.05) is 0 Å². The third-order valence-electron chi connectivity index (χ3n) is 2.98. The predicted molar refractivity (Wildman–Crippen MR) is 59.7 cm³/mol. The smallest absolute Gasteiger partial charge is 0.138 e. The second-order valence-corrected chi connectivity index (χ2v) is 34.0. The van der Waals surface area contributed by atoms with Crippen LogP contribution in [-0.4, -0.2) is 22.3 Å². The first-order valence-electron chi connectivity index (χ1n) is 3.88. The maximum absolute atomic E-state index is 6.46. The Morgan fingerprint density at radius 1 is 1.00 bits per heavy atom. The molecule has 0 bridgehead atoms. The number of hydrogen-bond acceptors (Lipinski definition) is 0. The average molecular weight is 211 g/mol. The van der Waals surface area contributed by atoms with Gasteiger partial charge >= 0.3 is 0 Å². The molecule has 0 aliphatic carbocycles. The average Bonchev–Trinajstić information content (AvgIpc) is 1.62. The van der Waals surface area contributed by atoms with Crippen molar-refractivity contribution >= 4 is 33.4 Å². The van der Waals surface area contributed by atoms with Gasteiger partial charge in [0.2, 0.25) is 0 Å². The van der Waals surface area contributed by atoms with Crippen LogP contribution >= 0.6 is 11.1 Å². The van der Waals surface area contributed by atoms with E-state index in [-0.39, 0.29) is 0 Å². The van der Waals surface area contributed by atoms with E-state index in [9.17, 15) is 0 Å². The zero-order valence-corrected chi connectivity index (χ0v) is 11.9. The van der Waals surface area contributed by atoms with Crippen LogP contribution in [0.5, 0.6) is 0 Å². The molecule has 0 aliphatic rings. The van der Waals surface area contributed by atoms with Gasteiger partial charge in [-0.25, -0.2) is 0 Å². The van der Waals surface area contributed by atoms with Crippen molar-refractivity contribution in [1.29, 1.82) is 0 Å². The summed E-state index contributed by atoms with van der Waals surface area (Å²) < 4.78 is 0. The Hall–Kier alpha value is 0.941. The number of halogens is 1. The van der Waals surface area contributed by atoms with Crippen LogP contribution in [0, 0.1) is 0 Å². The van der Waals surface area contributed by atoms with Gasteiger partial charge in [0.1, 0.15) is 6.90 Å². The second kappa shape index (κ2) is 3.13. The van der Waals surface area contributed by atoms with Crippen molar-refractivity contribution in [2.45, 2.75) is 39.3 Å². The normalized spacial score (nSPS) is 14.4. The van der Waals surface area contributed by atoms with Crippen LogP contribution in [-0.2, 0) is 0 Å². The quantitative estimate of drug-likeness (QED) is 0.486. The topological polar surface area (TPSA) is 0 Å². The Kier molecular flexibility index (Phi) is 3.42. The van der Waals surface area contributed by atoms with Crippen molar-refractivity contribution in [2.75, 3.05) is 0 Å². The standard InChI is InChI=1S/C6H19ClSi3/c1-8(2)10(5,6)9(3,4)7/h8H,1-6H3. The van der Waals surface area contributed by atoms with Gasteiger partial charge in [-0.2, -0.15) is 11.1 Å². The van der Waals surface area contributed by atoms with Gasteiger partial charge in [-0.1, -0.05) is 39.3 Å². The lowest BCUT2D eigenvalue weighted by Gasteiger charge is -2.35. The van der Waals surface area contributed by atoms with Crippen LogP contribution in [0.3, 0.4) is 0 Å². The molecule has 0 atom stereocenters. The molecule has 0 N–H and O–H groups in total. The lowest BCUT2D eigenvalue weighted by Crippen LogP contribution is -2.59. The molecule has 0 nitrogen and oxygen atoms in total. The Bertz CT molecular complexity index is 115. The van der Waals surface area contributed by atoms with Gasteiger partial charge in [-0.15, -0.1) is 0 Å². The molecule has 4 heteroatoms. The summed E-state index contributed by atoms with van der Waals surface area (Å²) in [6.07, 6.45) is 0. The largest absolute Gasteiger partial charge is 0.171 e. The van der Waals surface area contributed by atoms with Gasteiger partial charge in [0.15, 0.2) is 0 Å². The van der Waals surface area contributed by atoms with E-state index in [1.165, 1.54) is 0 Å². The monoisotopic (exact) mass is 210 g/mol. The minimum atomic E-state index is -1.28. The van der Waals surface area contributed by atoms with E-state index in [1.54, 1.807) is 0 Å². The minimum Gasteiger partial charge on any atom is -0.171 e. The highest BCUT2D eigenvalue weighted by Crippen LogP contribution is 2.24. The summed E-state index contributed by atoms with van der Waals surface area (Å²) in [5, 5.41) is 0. The molecule has 0 aliphatic heterocycles. The Labute approximate surface area is 72.9 Å². The highest BCUT2D eigenvalue weighted by Gasteiger charge is 2.42. The fourth-order valence-electron chi connectivity index (χ4n) is 0.686. The Morgan fingerprint density at radius 3 is 1.30 bits per heavy atom. The van der Waals surface area contributed by atoms with Crippen LogP contribution in [0.1, 0.15) is 0 Å². The molecule has 0 spiro atoms. The molecule has 0 fully saturated rings. The summed E-state index contributed by atoms with van der Waals surface area (Å²) in [6.45, 7) is 13.2. The van der Waals surface area contributed by atoms with Crippen LogP contribution in [0.25, 0.3) is 0 Å². The zero-order valence-electron chi connectivity index (χ0n) is 7.96. The third kappa shape index (κ3) is 2.22. The highest BCUT2D eigenvalue weighted by atomic mass is 35.6. The molecule has 0 aromatic carbocycles. The van der Waals surface area contributed by atoms with Crippen molar-refractivity contribution in [2.24, 2.45) is 0 Å². The molecule has 0 rings (SSSR count). The van der Waals surface area contributed by atoms with Crippen LogP contribution in [0.4, 0.5) is 0 Å². The maximum atomic E-state index is 6.46. The number of hydrogen-bond donors (Lipinski definition) is 0. The van der Waals surface area contributed by atoms with Crippen molar-refractivity contribution in [1.82, 2.24) is 0 Å². The third-order valence-corrected chi connectivity index (χ3v) is 44.5. The van der Waals surface area contributed by atoms with E-state index < -0.39 is 22.3 Å². The maximum Gasteiger partial charge on any atom is 0.138 e. The van der Waals surface area contributed by atoms with E-state index in [0.29, 0.717) is 0 Å². The molecular formula is C6H19ClSi3. The molecule has 62 valence electrons. The van der Waals surface area contributed by atoms with Gasteiger partial charge in [-0.05, 0) is 0 Å². The van der Waals surface area contributed by atoms with Gasteiger partial charge in [-0.3, -0.25) is 0 Å². The summed E-state index contributed by atoms with van der Waals surface area (Å²) in [7, 11) is -1.38. The van der Waals surface area contributed by atoms with Crippen molar-refractivity contribution in [3.05, 3.63) is 0 Å². The first kappa shape index (κ1) is 10.9. The van der Waals surface area contributed by atoms with Crippen molar-refractivity contribution in [3.63, 3.8) is 0 Å². The lowest BCUT2D eigenvalue weighted by molar-refractivity contribution is 1.86. The summed E-state index contributed by atoms with van der Waals surface area (Å²) in [5.41, 5.74) is 0.